The molecule has 0 amide bonds. The van der Waals surface area contributed by atoms with Crippen LogP contribution in [0, 0.1) is 84.9 Å². The van der Waals surface area contributed by atoms with Crippen LogP contribution in [0.15, 0.2) is 48.5 Å². The van der Waals surface area contributed by atoms with E-state index in [0.29, 0.717) is 82.5 Å². The Morgan fingerprint density at radius 3 is 1.31 bits per heavy atom. The maximum atomic E-state index is 14.4. The molecule has 2 aromatic carbocycles. The molecule has 4 fully saturated rings. The third kappa shape index (κ3) is 8.08. The lowest BCUT2D eigenvalue weighted by Gasteiger charge is -2.49. The van der Waals surface area contributed by atoms with Gasteiger partial charge in [0.15, 0.2) is 9.84 Å². The maximum absolute atomic E-state index is 14.4. The molecule has 2 aromatic rings. The molecule has 6 rings (SSSR count). The van der Waals surface area contributed by atoms with E-state index < -0.39 is 9.84 Å². The summed E-state index contributed by atoms with van der Waals surface area (Å²) in [5.74, 6) is 9.09. The first-order valence-corrected chi connectivity index (χ1v) is 22.5. The van der Waals surface area contributed by atoms with Crippen molar-refractivity contribution in [3.05, 3.63) is 70.8 Å². The monoisotopic (exact) mass is 687 g/mol. The quantitative estimate of drug-likeness (QED) is 0.249. The summed E-state index contributed by atoms with van der Waals surface area (Å²) in [6.07, 6.45) is 12.3. The SMILES string of the molecule is CC[C@H]1C[C@@H](CS(=O)(=O)CC2C[C@H](CC)[C@H](C)[C@H](C3CCC(c4cccc(C)c4)C3)[C@H]2C)C(C)[C@@H](C2CCC(c3cccc(C)c3)C2)[C@H]1C. The molecule has 0 aliphatic heterocycles. The Morgan fingerprint density at radius 2 is 0.939 bits per heavy atom. The lowest BCUT2D eigenvalue weighted by Crippen LogP contribution is -2.45. The van der Waals surface area contributed by atoms with Crippen molar-refractivity contribution in [2.75, 3.05) is 11.5 Å². The van der Waals surface area contributed by atoms with Gasteiger partial charge in [-0.15, -0.1) is 0 Å². The minimum Gasteiger partial charge on any atom is -0.229 e. The number of hydrogen-bond acceptors (Lipinski definition) is 2. The molecule has 0 saturated heterocycles. The lowest BCUT2D eigenvalue weighted by molar-refractivity contribution is 0.0217. The molecule has 0 N–H and O–H groups in total. The van der Waals surface area contributed by atoms with Crippen molar-refractivity contribution in [2.24, 2.45) is 71.0 Å². The van der Waals surface area contributed by atoms with Crippen LogP contribution >= 0.6 is 0 Å². The van der Waals surface area contributed by atoms with E-state index in [1.807, 2.05) is 0 Å². The molecule has 0 heterocycles. The van der Waals surface area contributed by atoms with Crippen LogP contribution in [-0.4, -0.2) is 19.9 Å². The highest BCUT2D eigenvalue weighted by Crippen LogP contribution is 2.55. The van der Waals surface area contributed by atoms with Crippen LogP contribution in [0.3, 0.4) is 0 Å². The molecule has 4 aliphatic carbocycles. The van der Waals surface area contributed by atoms with Gasteiger partial charge in [-0.05, 0) is 159 Å². The van der Waals surface area contributed by atoms with E-state index in [0.717, 1.165) is 24.7 Å². The minimum atomic E-state index is -3.16. The molecule has 4 saturated carbocycles. The fraction of sp³-hybridized carbons (Fsp3) is 0.739. The van der Waals surface area contributed by atoms with Crippen LogP contribution in [0.4, 0.5) is 0 Å². The first kappa shape index (κ1) is 37.2. The van der Waals surface area contributed by atoms with Gasteiger partial charge in [-0.2, -0.15) is 0 Å². The van der Waals surface area contributed by atoms with E-state index in [-0.39, 0.29) is 0 Å². The summed E-state index contributed by atoms with van der Waals surface area (Å²) in [5.41, 5.74) is 5.77. The van der Waals surface area contributed by atoms with Crippen LogP contribution in [0.25, 0.3) is 0 Å². The zero-order chi connectivity index (χ0) is 35.0. The Kier molecular flexibility index (Phi) is 11.8. The predicted molar refractivity (Wildman–Crippen MR) is 209 cm³/mol. The molecular weight excluding hydrogens is 617 g/mol. The highest BCUT2D eigenvalue weighted by Gasteiger charge is 2.49. The van der Waals surface area contributed by atoms with Crippen LogP contribution in [-0.2, 0) is 9.84 Å². The van der Waals surface area contributed by atoms with Crippen molar-refractivity contribution in [1.82, 2.24) is 0 Å². The fourth-order valence-electron chi connectivity index (χ4n) is 13.0. The molecule has 0 bridgehead atoms. The smallest absolute Gasteiger partial charge is 0.150 e. The van der Waals surface area contributed by atoms with Crippen LogP contribution in [0.5, 0.6) is 0 Å². The lowest BCUT2D eigenvalue weighted by atomic mass is 9.58. The second-order valence-corrected chi connectivity index (χ2v) is 20.5. The van der Waals surface area contributed by atoms with Gasteiger partial charge in [-0.1, -0.05) is 114 Å². The molecule has 0 radical (unpaired) electrons. The Hall–Kier alpha value is -1.61. The minimum absolute atomic E-state index is 0.301. The van der Waals surface area contributed by atoms with Gasteiger partial charge < -0.3 is 0 Å². The average molecular weight is 687 g/mol. The second kappa shape index (κ2) is 15.6. The summed E-state index contributed by atoms with van der Waals surface area (Å²) in [6, 6.07) is 18.4. The van der Waals surface area contributed by atoms with Crippen molar-refractivity contribution < 1.29 is 8.42 Å². The zero-order valence-electron chi connectivity index (χ0n) is 32.4. The van der Waals surface area contributed by atoms with Gasteiger partial charge in [0.1, 0.15) is 0 Å². The van der Waals surface area contributed by atoms with Crippen molar-refractivity contribution in [3.63, 3.8) is 0 Å². The van der Waals surface area contributed by atoms with Gasteiger partial charge in [0, 0.05) is 0 Å². The summed E-state index contributed by atoms with van der Waals surface area (Å²) >= 11 is 0. The number of aryl methyl sites for hydroxylation is 2. The summed E-state index contributed by atoms with van der Waals surface area (Å²) in [6.45, 7) is 19.1. The largest absolute Gasteiger partial charge is 0.229 e. The Bertz CT molecular complexity index is 1390. The standard InChI is InChI=1S/C46H70O2S/c1-9-35-23-43(33(7)45(31(35)5)41-19-17-39(25-41)37-15-11-13-29(3)21-37)27-49(47,48)28-44-24-36(10-2)32(6)46(34(44)8)42-20-18-40(26-42)38-16-12-14-30(4)22-38/h11-16,21-22,31-36,39-46H,9-10,17-20,23-28H2,1-8H3/t31-,32-,33-,34?,35-,36-,39?,40?,41?,42?,43?,44-,45-,46-/m0/s1. The van der Waals surface area contributed by atoms with Gasteiger partial charge in [0.25, 0.3) is 0 Å². The number of hydrogen-bond donors (Lipinski definition) is 0. The van der Waals surface area contributed by atoms with Gasteiger partial charge in [-0.25, -0.2) is 8.42 Å². The second-order valence-electron chi connectivity index (χ2n) is 18.4. The number of sulfone groups is 1. The van der Waals surface area contributed by atoms with Crippen molar-refractivity contribution in [2.45, 2.75) is 131 Å². The summed E-state index contributed by atoms with van der Waals surface area (Å²) in [5, 5.41) is 0. The molecule has 2 nitrogen and oxygen atoms in total. The molecule has 4 aliphatic rings. The molecule has 49 heavy (non-hydrogen) atoms. The first-order valence-electron chi connectivity index (χ1n) is 20.7. The Labute approximate surface area is 301 Å². The van der Waals surface area contributed by atoms with E-state index in [1.54, 1.807) is 0 Å². The third-order valence-corrected chi connectivity index (χ3v) is 17.5. The Morgan fingerprint density at radius 1 is 0.551 bits per heavy atom. The molecule has 6 unspecified atom stereocenters. The van der Waals surface area contributed by atoms with Crippen LogP contribution in [0.1, 0.15) is 140 Å². The normalized spacial score (nSPS) is 40.1. The van der Waals surface area contributed by atoms with E-state index in [9.17, 15) is 8.42 Å². The van der Waals surface area contributed by atoms with Crippen molar-refractivity contribution in [1.29, 1.82) is 0 Å². The van der Waals surface area contributed by atoms with Crippen molar-refractivity contribution >= 4 is 9.84 Å². The summed E-state index contributed by atoms with van der Waals surface area (Å²) < 4.78 is 28.8. The van der Waals surface area contributed by atoms with Crippen LogP contribution in [0.2, 0.25) is 0 Å². The fourth-order valence-corrected chi connectivity index (χ4v) is 15.3. The molecule has 0 spiro atoms. The third-order valence-electron chi connectivity index (χ3n) is 15.7. The molecule has 272 valence electrons. The van der Waals surface area contributed by atoms with Gasteiger partial charge >= 0.3 is 0 Å². The molecule has 14 atom stereocenters. The molecule has 3 heteroatoms. The van der Waals surface area contributed by atoms with Gasteiger partial charge in [-0.3, -0.25) is 0 Å². The predicted octanol–water partition coefficient (Wildman–Crippen LogP) is 12.1. The topological polar surface area (TPSA) is 34.1 Å². The molecular formula is C46H70O2S. The van der Waals surface area contributed by atoms with E-state index in [1.165, 1.54) is 73.6 Å². The summed E-state index contributed by atoms with van der Waals surface area (Å²) in [7, 11) is -3.16. The number of benzene rings is 2. The highest BCUT2D eigenvalue weighted by atomic mass is 32.2. The Balaban J connectivity index is 1.14. The van der Waals surface area contributed by atoms with E-state index in [2.05, 4.69) is 104 Å². The number of rotatable bonds is 10. The van der Waals surface area contributed by atoms with Gasteiger partial charge in [0.2, 0.25) is 0 Å². The van der Waals surface area contributed by atoms with E-state index in [4.69, 9.17) is 0 Å². The average Bonchev–Trinajstić information content (AvgIpc) is 3.75. The van der Waals surface area contributed by atoms with E-state index >= 15 is 0 Å². The maximum Gasteiger partial charge on any atom is 0.150 e. The zero-order valence-corrected chi connectivity index (χ0v) is 33.2. The van der Waals surface area contributed by atoms with Crippen LogP contribution < -0.4 is 0 Å². The van der Waals surface area contributed by atoms with Crippen molar-refractivity contribution in [3.8, 4) is 0 Å². The highest BCUT2D eigenvalue weighted by molar-refractivity contribution is 7.91. The summed E-state index contributed by atoms with van der Waals surface area (Å²) in [4.78, 5) is 0. The molecule has 0 aromatic heterocycles. The van der Waals surface area contributed by atoms with Gasteiger partial charge in [0.05, 0.1) is 11.5 Å². The first-order chi connectivity index (χ1) is 23.4.